The molecule has 2 aromatic rings. The van der Waals surface area contributed by atoms with E-state index in [0.717, 1.165) is 31.7 Å². The summed E-state index contributed by atoms with van der Waals surface area (Å²) in [5.74, 6) is -0.209. The molecule has 0 radical (unpaired) electrons. The first-order valence-corrected chi connectivity index (χ1v) is 8.26. The fourth-order valence-electron chi connectivity index (χ4n) is 2.29. The lowest BCUT2D eigenvalue weighted by atomic mass is 10.2. The minimum atomic E-state index is -0.534. The smallest absolute Gasteiger partial charge is 0.274 e. The van der Waals surface area contributed by atoms with Crippen LogP contribution in [0, 0.1) is 5.82 Å². The highest BCUT2D eigenvalue weighted by atomic mass is 35.5. The zero-order chi connectivity index (χ0) is 17.5. The minimum Gasteiger partial charge on any atom is -0.357 e. The molecule has 1 heterocycles. The molecule has 2 rings (SSSR count). The van der Waals surface area contributed by atoms with E-state index in [1.165, 1.54) is 24.5 Å². The van der Waals surface area contributed by atoms with Gasteiger partial charge in [-0.3, -0.25) is 4.79 Å². The molecule has 1 aromatic carbocycles. The Morgan fingerprint density at radius 1 is 1.21 bits per heavy atom. The summed E-state index contributed by atoms with van der Waals surface area (Å²) in [5, 5.41) is 2.61. The van der Waals surface area contributed by atoms with Crippen molar-refractivity contribution < 1.29 is 9.18 Å². The molecule has 7 heteroatoms. The third-order valence-corrected chi connectivity index (χ3v) is 3.66. The van der Waals surface area contributed by atoms with Gasteiger partial charge >= 0.3 is 0 Å². The zero-order valence-electron chi connectivity index (χ0n) is 13.7. The molecule has 1 aromatic heterocycles. The second-order valence-corrected chi connectivity index (χ2v) is 5.74. The Morgan fingerprint density at radius 3 is 2.54 bits per heavy atom. The van der Waals surface area contributed by atoms with Crippen LogP contribution in [0.5, 0.6) is 0 Å². The summed E-state index contributed by atoms with van der Waals surface area (Å²) in [4.78, 5) is 22.7. The largest absolute Gasteiger partial charge is 0.357 e. The molecule has 0 unspecified atom stereocenters. The van der Waals surface area contributed by atoms with Gasteiger partial charge in [0.1, 0.15) is 23.7 Å². The molecule has 0 aliphatic heterocycles. The molecule has 0 fully saturated rings. The van der Waals surface area contributed by atoms with E-state index < -0.39 is 11.7 Å². The molecular formula is C17H20ClFN4O. The van der Waals surface area contributed by atoms with Crippen LogP contribution in [-0.2, 0) is 0 Å². The van der Waals surface area contributed by atoms with E-state index in [9.17, 15) is 9.18 Å². The summed E-state index contributed by atoms with van der Waals surface area (Å²) >= 11 is 5.72. The molecule has 1 amide bonds. The van der Waals surface area contributed by atoms with Crippen molar-refractivity contribution in [2.24, 2.45) is 0 Å². The van der Waals surface area contributed by atoms with Crippen molar-refractivity contribution in [2.45, 2.75) is 26.7 Å². The molecule has 0 saturated carbocycles. The average molecular weight is 351 g/mol. The Labute approximate surface area is 145 Å². The average Bonchev–Trinajstić information content (AvgIpc) is 2.58. The molecule has 0 atom stereocenters. The molecule has 24 heavy (non-hydrogen) atoms. The number of hydrogen-bond acceptors (Lipinski definition) is 4. The van der Waals surface area contributed by atoms with Crippen molar-refractivity contribution >= 4 is 29.0 Å². The van der Waals surface area contributed by atoms with Crippen molar-refractivity contribution in [3.63, 3.8) is 0 Å². The number of halogens is 2. The second kappa shape index (κ2) is 8.59. The van der Waals surface area contributed by atoms with Crippen LogP contribution in [0.4, 0.5) is 15.9 Å². The number of benzene rings is 1. The summed E-state index contributed by atoms with van der Waals surface area (Å²) in [6.07, 6.45) is 3.35. The molecule has 1 N–H and O–H groups in total. The summed E-state index contributed by atoms with van der Waals surface area (Å²) < 4.78 is 13.2. The van der Waals surface area contributed by atoms with Gasteiger partial charge in [-0.1, -0.05) is 25.4 Å². The van der Waals surface area contributed by atoms with Crippen LogP contribution in [-0.4, -0.2) is 29.0 Å². The molecule has 5 nitrogen and oxygen atoms in total. The number of rotatable bonds is 7. The lowest BCUT2D eigenvalue weighted by molar-refractivity contribution is 0.102. The van der Waals surface area contributed by atoms with Gasteiger partial charge in [-0.05, 0) is 31.0 Å². The maximum atomic E-state index is 13.2. The normalized spacial score (nSPS) is 10.5. The van der Waals surface area contributed by atoms with Gasteiger partial charge in [-0.25, -0.2) is 14.4 Å². The molecule has 0 bridgehead atoms. The molecular weight excluding hydrogens is 331 g/mol. The predicted octanol–water partition coefficient (Wildman–Crippen LogP) is 4.15. The predicted molar refractivity (Wildman–Crippen MR) is 94.2 cm³/mol. The standard InChI is InChI=1S/C17H20ClFN4O/c1-3-7-23(8-4-2)16-10-15(20-11-21-16)17(24)22-12-5-6-14(19)13(18)9-12/h5-6,9-11H,3-4,7-8H2,1-2H3,(H,22,24). The summed E-state index contributed by atoms with van der Waals surface area (Å²) in [7, 11) is 0. The highest BCUT2D eigenvalue weighted by Gasteiger charge is 2.13. The van der Waals surface area contributed by atoms with Gasteiger partial charge < -0.3 is 10.2 Å². The van der Waals surface area contributed by atoms with Gasteiger partial charge in [-0.15, -0.1) is 0 Å². The van der Waals surface area contributed by atoms with E-state index in [2.05, 4.69) is 34.0 Å². The third-order valence-electron chi connectivity index (χ3n) is 3.37. The number of hydrogen-bond donors (Lipinski definition) is 1. The molecule has 128 valence electrons. The summed E-state index contributed by atoms with van der Waals surface area (Å²) in [6, 6.07) is 5.67. The highest BCUT2D eigenvalue weighted by molar-refractivity contribution is 6.31. The van der Waals surface area contributed by atoms with Gasteiger partial charge in [0.25, 0.3) is 5.91 Å². The molecule has 0 aliphatic carbocycles. The Hall–Kier alpha value is -2.21. The van der Waals surface area contributed by atoms with E-state index in [1.807, 2.05) is 0 Å². The Kier molecular flexibility index (Phi) is 6.49. The van der Waals surface area contributed by atoms with E-state index in [0.29, 0.717) is 5.69 Å². The van der Waals surface area contributed by atoms with Crippen LogP contribution >= 0.6 is 11.6 Å². The Morgan fingerprint density at radius 2 is 1.92 bits per heavy atom. The van der Waals surface area contributed by atoms with Gasteiger partial charge in [0, 0.05) is 24.8 Å². The van der Waals surface area contributed by atoms with E-state index in [4.69, 9.17) is 11.6 Å². The fourth-order valence-corrected chi connectivity index (χ4v) is 2.47. The van der Waals surface area contributed by atoms with Gasteiger partial charge in [0.15, 0.2) is 0 Å². The van der Waals surface area contributed by atoms with Crippen LogP contribution in [0.15, 0.2) is 30.6 Å². The topological polar surface area (TPSA) is 58.1 Å². The number of aromatic nitrogens is 2. The Balaban J connectivity index is 2.17. The van der Waals surface area contributed by atoms with E-state index in [1.54, 1.807) is 6.07 Å². The van der Waals surface area contributed by atoms with Crippen molar-refractivity contribution in [3.05, 3.63) is 47.1 Å². The van der Waals surface area contributed by atoms with Crippen molar-refractivity contribution in [1.29, 1.82) is 0 Å². The SMILES string of the molecule is CCCN(CCC)c1cc(C(=O)Nc2ccc(F)c(Cl)c2)ncn1. The maximum Gasteiger partial charge on any atom is 0.274 e. The van der Waals surface area contributed by atoms with Crippen LogP contribution in [0.25, 0.3) is 0 Å². The minimum absolute atomic E-state index is 0.0479. The van der Waals surface area contributed by atoms with Gasteiger partial charge in [0.05, 0.1) is 5.02 Å². The highest BCUT2D eigenvalue weighted by Crippen LogP contribution is 2.20. The molecule has 0 spiro atoms. The van der Waals surface area contributed by atoms with Gasteiger partial charge in [-0.2, -0.15) is 0 Å². The number of nitrogens with zero attached hydrogens (tertiary/aromatic N) is 3. The number of carbonyl (C=O) groups is 1. The van der Waals surface area contributed by atoms with E-state index in [-0.39, 0.29) is 10.7 Å². The van der Waals surface area contributed by atoms with Crippen LogP contribution in [0.1, 0.15) is 37.2 Å². The lowest BCUT2D eigenvalue weighted by Crippen LogP contribution is -2.26. The first-order chi connectivity index (χ1) is 11.5. The fraction of sp³-hybridized carbons (Fsp3) is 0.353. The van der Waals surface area contributed by atoms with Crippen molar-refractivity contribution in [1.82, 2.24) is 9.97 Å². The summed E-state index contributed by atoms with van der Waals surface area (Å²) in [6.45, 7) is 5.91. The van der Waals surface area contributed by atoms with E-state index >= 15 is 0 Å². The number of amides is 1. The van der Waals surface area contributed by atoms with Crippen molar-refractivity contribution in [2.75, 3.05) is 23.3 Å². The van der Waals surface area contributed by atoms with Crippen LogP contribution < -0.4 is 10.2 Å². The summed E-state index contributed by atoms with van der Waals surface area (Å²) in [5.41, 5.74) is 0.656. The monoisotopic (exact) mass is 350 g/mol. The quantitative estimate of drug-likeness (QED) is 0.815. The number of anilines is 2. The van der Waals surface area contributed by atoms with Gasteiger partial charge in [0.2, 0.25) is 0 Å². The molecule has 0 saturated heterocycles. The first-order valence-electron chi connectivity index (χ1n) is 7.88. The zero-order valence-corrected chi connectivity index (χ0v) is 14.5. The van der Waals surface area contributed by atoms with Crippen LogP contribution in [0.3, 0.4) is 0 Å². The third kappa shape index (κ3) is 4.64. The van der Waals surface area contributed by atoms with Crippen molar-refractivity contribution in [3.8, 4) is 0 Å². The number of nitrogens with one attached hydrogen (secondary N) is 1. The Bertz CT molecular complexity index is 705. The lowest BCUT2D eigenvalue weighted by Gasteiger charge is -2.22. The first kappa shape index (κ1) is 18.1. The number of carbonyl (C=O) groups excluding carboxylic acids is 1. The molecule has 0 aliphatic rings. The second-order valence-electron chi connectivity index (χ2n) is 5.33. The maximum absolute atomic E-state index is 13.2. The van der Waals surface area contributed by atoms with Crippen LogP contribution in [0.2, 0.25) is 5.02 Å².